The Morgan fingerprint density at radius 3 is 2.84 bits per heavy atom. The first-order chi connectivity index (χ1) is 11.9. The molecule has 1 aromatic rings. The number of hydrogen-bond acceptors (Lipinski definition) is 6. The van der Waals surface area contributed by atoms with Gasteiger partial charge in [-0.2, -0.15) is 0 Å². The molecule has 6 nitrogen and oxygen atoms in total. The predicted molar refractivity (Wildman–Crippen MR) is 97.4 cm³/mol. The molecule has 2 aliphatic carbocycles. The molecule has 0 saturated heterocycles. The van der Waals surface area contributed by atoms with Crippen LogP contribution < -0.4 is 10.0 Å². The summed E-state index contributed by atoms with van der Waals surface area (Å²) in [5, 5.41) is 3.32. The van der Waals surface area contributed by atoms with Crippen molar-refractivity contribution in [2.75, 3.05) is 13.7 Å². The molecule has 9 heteroatoms. The van der Waals surface area contributed by atoms with Crippen LogP contribution in [0.4, 0.5) is 0 Å². The molecule has 2 aliphatic rings. The number of esters is 1. The Morgan fingerprint density at radius 1 is 1.36 bits per heavy atom. The van der Waals surface area contributed by atoms with Crippen molar-refractivity contribution in [3.63, 3.8) is 0 Å². The van der Waals surface area contributed by atoms with Crippen molar-refractivity contribution in [2.45, 2.75) is 54.3 Å². The lowest BCUT2D eigenvalue weighted by Crippen LogP contribution is -2.59. The van der Waals surface area contributed by atoms with Crippen molar-refractivity contribution in [3.8, 4) is 0 Å². The van der Waals surface area contributed by atoms with Gasteiger partial charge < -0.3 is 4.74 Å². The van der Waals surface area contributed by atoms with Crippen LogP contribution in [-0.4, -0.2) is 39.6 Å². The van der Waals surface area contributed by atoms with E-state index in [-0.39, 0.29) is 28.7 Å². The zero-order valence-electron chi connectivity index (χ0n) is 14.1. The lowest BCUT2D eigenvalue weighted by atomic mass is 9.88. The van der Waals surface area contributed by atoms with Gasteiger partial charge in [0.25, 0.3) is 0 Å². The van der Waals surface area contributed by atoms with Crippen LogP contribution in [0.2, 0.25) is 4.34 Å². The minimum absolute atomic E-state index is 0.0896. The van der Waals surface area contributed by atoms with Crippen LogP contribution in [0.5, 0.6) is 0 Å². The van der Waals surface area contributed by atoms with Crippen LogP contribution in [0, 0.1) is 5.92 Å². The summed E-state index contributed by atoms with van der Waals surface area (Å²) in [6, 6.07) is 2.89. The third-order valence-corrected chi connectivity index (χ3v) is 8.55. The second-order valence-corrected chi connectivity index (χ2v) is 10.4. The van der Waals surface area contributed by atoms with Crippen molar-refractivity contribution >= 4 is 38.9 Å². The Bertz CT molecular complexity index is 736. The van der Waals surface area contributed by atoms with Gasteiger partial charge in [0.2, 0.25) is 10.0 Å². The first kappa shape index (κ1) is 19.1. The fourth-order valence-electron chi connectivity index (χ4n) is 4.14. The van der Waals surface area contributed by atoms with Gasteiger partial charge in [-0.3, -0.25) is 10.1 Å². The summed E-state index contributed by atoms with van der Waals surface area (Å²) in [4.78, 5) is 11.6. The number of rotatable bonds is 6. The zero-order valence-corrected chi connectivity index (χ0v) is 16.5. The molecule has 2 saturated carbocycles. The van der Waals surface area contributed by atoms with E-state index in [9.17, 15) is 13.2 Å². The number of carbonyl (C=O) groups is 1. The highest BCUT2D eigenvalue weighted by atomic mass is 35.5. The summed E-state index contributed by atoms with van der Waals surface area (Å²) in [5.74, 6) is -0.0634. The first-order valence-electron chi connectivity index (χ1n) is 8.46. The minimum atomic E-state index is -3.64. The molecule has 25 heavy (non-hydrogen) atoms. The fourth-order valence-corrected chi connectivity index (χ4v) is 7.02. The molecule has 140 valence electrons. The van der Waals surface area contributed by atoms with Crippen molar-refractivity contribution in [2.24, 2.45) is 5.92 Å². The van der Waals surface area contributed by atoms with Crippen LogP contribution in [-0.2, 0) is 19.6 Å². The van der Waals surface area contributed by atoms with Gasteiger partial charge in [0.05, 0.1) is 18.0 Å². The van der Waals surface area contributed by atoms with Crippen LogP contribution in [0.1, 0.15) is 38.5 Å². The topological polar surface area (TPSA) is 84.5 Å². The van der Waals surface area contributed by atoms with Gasteiger partial charge in [-0.25, -0.2) is 13.1 Å². The fraction of sp³-hybridized carbons (Fsp3) is 0.688. The van der Waals surface area contributed by atoms with E-state index in [1.54, 1.807) is 6.07 Å². The van der Waals surface area contributed by atoms with E-state index in [1.165, 1.54) is 13.2 Å². The molecule has 3 unspecified atom stereocenters. The van der Waals surface area contributed by atoms with E-state index in [2.05, 4.69) is 10.0 Å². The molecular formula is C16H23ClN2O4S2. The molecule has 3 atom stereocenters. The molecule has 0 aromatic carbocycles. The minimum Gasteiger partial charge on any atom is -0.468 e. The average molecular weight is 407 g/mol. The monoisotopic (exact) mass is 406 g/mol. The summed E-state index contributed by atoms with van der Waals surface area (Å²) in [5.41, 5.74) is -0.399. The van der Waals surface area contributed by atoms with Crippen LogP contribution >= 0.6 is 22.9 Å². The number of ether oxygens (including phenoxy) is 1. The molecule has 1 aromatic heterocycles. The van der Waals surface area contributed by atoms with Crippen molar-refractivity contribution in [1.82, 2.24) is 10.0 Å². The predicted octanol–water partition coefficient (Wildman–Crippen LogP) is 2.53. The molecule has 0 spiro atoms. The van der Waals surface area contributed by atoms with E-state index in [0.29, 0.717) is 4.34 Å². The Balaban J connectivity index is 1.84. The number of carbonyl (C=O) groups excluding carboxylic acids is 1. The maximum Gasteiger partial charge on any atom is 0.319 e. The number of hydrogen-bond donors (Lipinski definition) is 2. The molecular weight excluding hydrogens is 384 g/mol. The summed E-state index contributed by atoms with van der Waals surface area (Å²) >= 11 is 6.95. The van der Waals surface area contributed by atoms with E-state index >= 15 is 0 Å². The van der Waals surface area contributed by atoms with E-state index in [4.69, 9.17) is 16.3 Å². The van der Waals surface area contributed by atoms with Gasteiger partial charge in [-0.1, -0.05) is 24.4 Å². The highest BCUT2D eigenvalue weighted by Gasteiger charge is 2.50. The van der Waals surface area contributed by atoms with Crippen molar-refractivity contribution < 1.29 is 17.9 Å². The smallest absolute Gasteiger partial charge is 0.319 e. The van der Waals surface area contributed by atoms with E-state index in [0.717, 1.165) is 49.9 Å². The standard InChI is InChI=1S/C16H23ClN2O4S2/c1-23-13(20)10-18-16-8-3-2-4-11(7-9-16)15(16)19-25(21,22)14-6-5-12(17)24-14/h5-6,11,15,18-19H,2-4,7-10H2,1H3. The molecule has 2 N–H and O–H groups in total. The highest BCUT2D eigenvalue weighted by molar-refractivity contribution is 7.91. The number of thiophene rings is 1. The zero-order chi connectivity index (χ0) is 18.1. The van der Waals surface area contributed by atoms with Crippen LogP contribution in [0.3, 0.4) is 0 Å². The summed E-state index contributed by atoms with van der Waals surface area (Å²) in [7, 11) is -2.28. The molecule has 0 aliphatic heterocycles. The molecule has 1 heterocycles. The van der Waals surface area contributed by atoms with Gasteiger partial charge in [-0.05, 0) is 43.7 Å². The molecule has 0 radical (unpaired) electrons. The highest BCUT2D eigenvalue weighted by Crippen LogP contribution is 2.44. The molecule has 3 rings (SSSR count). The van der Waals surface area contributed by atoms with Crippen LogP contribution in [0.25, 0.3) is 0 Å². The maximum atomic E-state index is 12.8. The quantitative estimate of drug-likeness (QED) is 0.709. The third-order valence-electron chi connectivity index (χ3n) is 5.38. The average Bonchev–Trinajstić information content (AvgIpc) is 3.08. The third kappa shape index (κ3) is 4.03. The Kier molecular flexibility index (Phi) is 5.75. The molecule has 2 fully saturated rings. The van der Waals surface area contributed by atoms with E-state index in [1.807, 2.05) is 0 Å². The van der Waals surface area contributed by atoms with E-state index < -0.39 is 15.6 Å². The normalized spacial score (nSPS) is 29.4. The lowest BCUT2D eigenvalue weighted by molar-refractivity contribution is -0.140. The molecule has 2 bridgehead atoms. The Hall–Kier alpha value is -0.670. The summed E-state index contributed by atoms with van der Waals surface area (Å²) in [6.07, 6.45) is 5.75. The second-order valence-electron chi connectivity index (χ2n) is 6.79. The van der Waals surface area contributed by atoms with Crippen LogP contribution in [0.15, 0.2) is 16.3 Å². The maximum absolute atomic E-state index is 12.8. The van der Waals surface area contributed by atoms with Crippen molar-refractivity contribution in [1.29, 1.82) is 0 Å². The summed E-state index contributed by atoms with van der Waals surface area (Å²) < 4.78 is 33.9. The largest absolute Gasteiger partial charge is 0.468 e. The molecule has 0 amide bonds. The van der Waals surface area contributed by atoms with Gasteiger partial charge >= 0.3 is 5.97 Å². The van der Waals surface area contributed by atoms with Gasteiger partial charge in [-0.15, -0.1) is 11.3 Å². The first-order valence-corrected chi connectivity index (χ1v) is 11.1. The van der Waals surface area contributed by atoms with Gasteiger partial charge in [0.1, 0.15) is 4.21 Å². The summed E-state index contributed by atoms with van der Waals surface area (Å²) in [6.45, 7) is 0.0896. The van der Waals surface area contributed by atoms with Gasteiger partial charge in [0.15, 0.2) is 0 Å². The lowest BCUT2D eigenvalue weighted by Gasteiger charge is -2.37. The number of fused-ring (bicyclic) bond motifs is 2. The number of methoxy groups -OCH3 is 1. The van der Waals surface area contributed by atoms with Crippen molar-refractivity contribution in [3.05, 3.63) is 16.5 Å². The van der Waals surface area contributed by atoms with Gasteiger partial charge in [0, 0.05) is 11.6 Å². The second kappa shape index (κ2) is 7.52. The Morgan fingerprint density at radius 2 is 2.16 bits per heavy atom. The SMILES string of the molecule is COC(=O)CNC12CCCCC(CC1)C2NS(=O)(=O)c1ccc(Cl)s1. The Labute approximate surface area is 157 Å². The number of halogens is 1. The number of sulfonamides is 1. The number of nitrogens with one attached hydrogen (secondary N) is 2.